The Morgan fingerprint density at radius 2 is 2.00 bits per heavy atom. The number of halogens is 3. The molecule has 0 bridgehead atoms. The lowest BCUT2D eigenvalue weighted by atomic mass is 10.1. The molecular weight excluding hydrogens is 255 g/mol. The van der Waals surface area contributed by atoms with Crippen molar-refractivity contribution >= 4 is 0 Å². The van der Waals surface area contributed by atoms with E-state index in [0.717, 1.165) is 11.1 Å². The van der Waals surface area contributed by atoms with Gasteiger partial charge in [-0.25, -0.2) is 0 Å². The van der Waals surface area contributed by atoms with Crippen LogP contribution in [-0.4, -0.2) is 19.8 Å². The molecule has 1 aromatic carbocycles. The van der Waals surface area contributed by atoms with E-state index in [4.69, 9.17) is 4.74 Å². The first-order valence-corrected chi connectivity index (χ1v) is 6.31. The van der Waals surface area contributed by atoms with Crippen molar-refractivity contribution in [3.63, 3.8) is 0 Å². The zero-order valence-corrected chi connectivity index (χ0v) is 11.5. The lowest BCUT2D eigenvalue weighted by Crippen LogP contribution is -2.12. The number of alkyl halides is 3. The molecule has 0 aliphatic heterocycles. The van der Waals surface area contributed by atoms with Gasteiger partial charge in [0.2, 0.25) is 0 Å². The van der Waals surface area contributed by atoms with Crippen molar-refractivity contribution in [1.29, 1.82) is 0 Å². The van der Waals surface area contributed by atoms with Gasteiger partial charge in [0.15, 0.2) is 0 Å². The fourth-order valence-corrected chi connectivity index (χ4v) is 1.73. The fourth-order valence-electron chi connectivity index (χ4n) is 1.73. The Morgan fingerprint density at radius 1 is 1.32 bits per heavy atom. The zero-order chi connectivity index (χ0) is 14.5. The van der Waals surface area contributed by atoms with Crippen LogP contribution in [0.4, 0.5) is 13.2 Å². The molecule has 1 aromatic rings. The Kier molecular flexibility index (Phi) is 5.66. The summed E-state index contributed by atoms with van der Waals surface area (Å²) in [6, 6.07) is 5.96. The number of hydrogen-bond acceptors (Lipinski definition) is 2. The first kappa shape index (κ1) is 15.8. The molecule has 108 valence electrons. The second kappa shape index (κ2) is 6.80. The molecule has 19 heavy (non-hydrogen) atoms. The molecule has 1 rings (SSSR count). The molecule has 0 fully saturated rings. The van der Waals surface area contributed by atoms with Gasteiger partial charge in [-0.15, -0.1) is 0 Å². The molecule has 1 atom stereocenters. The maximum Gasteiger partial charge on any atom is 0.389 e. The molecule has 0 saturated carbocycles. The van der Waals surface area contributed by atoms with Crippen LogP contribution < -0.4 is 10.1 Å². The average Bonchev–Trinajstić information content (AvgIpc) is 2.33. The lowest BCUT2D eigenvalue weighted by Gasteiger charge is -2.14. The van der Waals surface area contributed by atoms with Crippen molar-refractivity contribution in [2.75, 3.05) is 13.7 Å². The molecule has 0 radical (unpaired) electrons. The van der Waals surface area contributed by atoms with Crippen molar-refractivity contribution in [2.24, 2.45) is 0 Å². The standard InChI is InChI=1S/C14H20F3NO/c1-10-9-12(11(2)18-3)5-6-13(10)19-8-4-7-14(15,16)17/h5-6,9,11,18H,4,7-8H2,1-3H3. The molecule has 1 N–H and O–H groups in total. The molecule has 2 nitrogen and oxygen atoms in total. The van der Waals surface area contributed by atoms with E-state index in [9.17, 15) is 13.2 Å². The van der Waals surface area contributed by atoms with E-state index in [1.165, 1.54) is 0 Å². The second-order valence-electron chi connectivity index (χ2n) is 4.60. The summed E-state index contributed by atoms with van der Waals surface area (Å²) in [4.78, 5) is 0. The molecule has 0 spiro atoms. The van der Waals surface area contributed by atoms with E-state index in [-0.39, 0.29) is 19.1 Å². The molecular formula is C14H20F3NO. The smallest absolute Gasteiger partial charge is 0.389 e. The van der Waals surface area contributed by atoms with Gasteiger partial charge in [0.25, 0.3) is 0 Å². The Morgan fingerprint density at radius 3 is 2.53 bits per heavy atom. The highest BCUT2D eigenvalue weighted by Crippen LogP contribution is 2.24. The molecule has 0 amide bonds. The predicted molar refractivity (Wildman–Crippen MR) is 69.4 cm³/mol. The van der Waals surface area contributed by atoms with Crippen LogP contribution in [0.25, 0.3) is 0 Å². The van der Waals surface area contributed by atoms with Gasteiger partial charge >= 0.3 is 6.18 Å². The summed E-state index contributed by atoms with van der Waals surface area (Å²) in [5, 5.41) is 3.13. The van der Waals surface area contributed by atoms with Gasteiger partial charge in [-0.2, -0.15) is 13.2 Å². The molecule has 1 unspecified atom stereocenters. The molecule has 5 heteroatoms. The number of hydrogen-bond donors (Lipinski definition) is 1. The van der Waals surface area contributed by atoms with Crippen molar-refractivity contribution in [1.82, 2.24) is 5.32 Å². The minimum atomic E-state index is -4.11. The summed E-state index contributed by atoms with van der Waals surface area (Å²) < 4.78 is 41.3. The van der Waals surface area contributed by atoms with Gasteiger partial charge in [-0.3, -0.25) is 0 Å². The fraction of sp³-hybridized carbons (Fsp3) is 0.571. The van der Waals surface area contributed by atoms with Gasteiger partial charge in [0.1, 0.15) is 5.75 Å². The van der Waals surface area contributed by atoms with Crippen molar-refractivity contribution in [3.05, 3.63) is 29.3 Å². The topological polar surface area (TPSA) is 21.3 Å². The van der Waals surface area contributed by atoms with Crippen LogP contribution in [0.3, 0.4) is 0 Å². The summed E-state index contributed by atoms with van der Waals surface area (Å²) >= 11 is 0. The van der Waals surface area contributed by atoms with Crippen molar-refractivity contribution < 1.29 is 17.9 Å². The minimum absolute atomic E-state index is 0.0163. The SMILES string of the molecule is CNC(C)c1ccc(OCCCC(F)(F)F)c(C)c1. The highest BCUT2D eigenvalue weighted by atomic mass is 19.4. The van der Waals surface area contributed by atoms with E-state index >= 15 is 0 Å². The van der Waals surface area contributed by atoms with E-state index in [1.54, 1.807) is 0 Å². The molecule has 0 aliphatic rings. The third kappa shape index (κ3) is 5.51. The van der Waals surface area contributed by atoms with E-state index in [0.29, 0.717) is 5.75 Å². The Bertz CT molecular complexity index is 404. The Labute approximate surface area is 112 Å². The number of ether oxygens (including phenoxy) is 1. The Balaban J connectivity index is 2.51. The third-order valence-corrected chi connectivity index (χ3v) is 2.99. The van der Waals surface area contributed by atoms with Gasteiger partial charge in [0, 0.05) is 12.5 Å². The molecule has 0 saturated heterocycles. The van der Waals surface area contributed by atoms with Crippen LogP contribution in [-0.2, 0) is 0 Å². The Hall–Kier alpha value is -1.23. The summed E-state index contributed by atoms with van der Waals surface area (Å²) in [5.41, 5.74) is 2.06. The summed E-state index contributed by atoms with van der Waals surface area (Å²) in [7, 11) is 1.88. The number of benzene rings is 1. The van der Waals surface area contributed by atoms with Crippen molar-refractivity contribution in [3.8, 4) is 5.75 Å². The second-order valence-corrected chi connectivity index (χ2v) is 4.60. The monoisotopic (exact) mass is 275 g/mol. The minimum Gasteiger partial charge on any atom is -0.493 e. The largest absolute Gasteiger partial charge is 0.493 e. The molecule has 0 aliphatic carbocycles. The average molecular weight is 275 g/mol. The van der Waals surface area contributed by atoms with Gasteiger partial charge in [-0.05, 0) is 44.5 Å². The molecule has 0 aromatic heterocycles. The number of aryl methyl sites for hydroxylation is 1. The predicted octanol–water partition coefficient (Wildman–Crippen LogP) is 4.00. The van der Waals surface area contributed by atoms with Crippen LogP contribution >= 0.6 is 0 Å². The first-order chi connectivity index (χ1) is 8.83. The highest BCUT2D eigenvalue weighted by Gasteiger charge is 2.26. The maximum absolute atomic E-state index is 12.0. The zero-order valence-electron chi connectivity index (χ0n) is 11.5. The lowest BCUT2D eigenvalue weighted by molar-refractivity contribution is -0.136. The van der Waals surface area contributed by atoms with E-state index in [2.05, 4.69) is 5.32 Å². The van der Waals surface area contributed by atoms with Crippen LogP contribution in [0.5, 0.6) is 5.75 Å². The van der Waals surface area contributed by atoms with Crippen LogP contribution in [0, 0.1) is 6.92 Å². The van der Waals surface area contributed by atoms with E-state index < -0.39 is 12.6 Å². The number of rotatable bonds is 6. The first-order valence-electron chi connectivity index (χ1n) is 6.31. The normalized spacial score (nSPS) is 13.4. The van der Waals surface area contributed by atoms with Crippen LogP contribution in [0.1, 0.15) is 36.9 Å². The van der Waals surface area contributed by atoms with Gasteiger partial charge < -0.3 is 10.1 Å². The summed E-state index contributed by atoms with van der Waals surface area (Å²) in [5.74, 6) is 0.647. The molecule has 0 heterocycles. The summed E-state index contributed by atoms with van der Waals surface area (Å²) in [6.45, 7) is 4.02. The highest BCUT2D eigenvalue weighted by molar-refractivity contribution is 5.37. The van der Waals surface area contributed by atoms with Crippen molar-refractivity contribution in [2.45, 2.75) is 38.9 Å². The van der Waals surface area contributed by atoms with Crippen LogP contribution in [0.15, 0.2) is 18.2 Å². The van der Waals surface area contributed by atoms with Gasteiger partial charge in [-0.1, -0.05) is 12.1 Å². The quantitative estimate of drug-likeness (QED) is 0.792. The maximum atomic E-state index is 12.0. The van der Waals surface area contributed by atoms with Crippen LogP contribution in [0.2, 0.25) is 0 Å². The number of nitrogens with one attached hydrogen (secondary N) is 1. The van der Waals surface area contributed by atoms with Gasteiger partial charge in [0.05, 0.1) is 6.61 Å². The third-order valence-electron chi connectivity index (χ3n) is 2.99. The summed E-state index contributed by atoms with van der Waals surface area (Å²) in [6.07, 6.45) is -4.93. The van der Waals surface area contributed by atoms with E-state index in [1.807, 2.05) is 39.1 Å².